The SMILES string of the molecule is COc1ccc(C(=O)Oc2cccc(/C=N/NC(=O)C(=O)Nc3ccc(CC#N)cc3)c2)cc1. The van der Waals surface area contributed by atoms with Crippen LogP contribution in [0, 0.1) is 11.3 Å². The van der Waals surface area contributed by atoms with Crippen LogP contribution < -0.4 is 20.2 Å². The number of rotatable bonds is 7. The van der Waals surface area contributed by atoms with Crippen molar-refractivity contribution in [1.29, 1.82) is 5.26 Å². The summed E-state index contributed by atoms with van der Waals surface area (Å²) in [6.45, 7) is 0. The molecule has 9 nitrogen and oxygen atoms in total. The highest BCUT2D eigenvalue weighted by molar-refractivity contribution is 6.39. The maximum atomic E-state index is 12.3. The first-order valence-electron chi connectivity index (χ1n) is 10.0. The molecule has 0 atom stereocenters. The van der Waals surface area contributed by atoms with Gasteiger partial charge in [0.1, 0.15) is 11.5 Å². The average Bonchev–Trinajstić information content (AvgIpc) is 2.85. The zero-order valence-corrected chi connectivity index (χ0v) is 18.1. The van der Waals surface area contributed by atoms with Crippen molar-refractivity contribution in [2.45, 2.75) is 6.42 Å². The van der Waals surface area contributed by atoms with Crippen LogP contribution in [0.3, 0.4) is 0 Å². The molecule has 0 fully saturated rings. The lowest BCUT2D eigenvalue weighted by atomic mass is 10.1. The van der Waals surface area contributed by atoms with E-state index < -0.39 is 17.8 Å². The predicted molar refractivity (Wildman–Crippen MR) is 125 cm³/mol. The van der Waals surface area contributed by atoms with Gasteiger partial charge in [0.25, 0.3) is 0 Å². The number of carbonyl (C=O) groups is 3. The van der Waals surface area contributed by atoms with E-state index in [1.807, 2.05) is 6.07 Å². The molecule has 0 aliphatic heterocycles. The Hall–Kier alpha value is -4.97. The van der Waals surface area contributed by atoms with Crippen LogP contribution in [0.4, 0.5) is 5.69 Å². The number of hydrogen-bond acceptors (Lipinski definition) is 7. The second-order valence-corrected chi connectivity index (χ2v) is 6.88. The molecule has 2 N–H and O–H groups in total. The van der Waals surface area contributed by atoms with E-state index in [0.717, 1.165) is 5.56 Å². The number of nitriles is 1. The summed E-state index contributed by atoms with van der Waals surface area (Å²) in [6.07, 6.45) is 1.57. The van der Waals surface area contributed by atoms with Gasteiger partial charge >= 0.3 is 17.8 Å². The molecule has 0 bridgehead atoms. The second-order valence-electron chi connectivity index (χ2n) is 6.88. The number of methoxy groups -OCH3 is 1. The van der Waals surface area contributed by atoms with Crippen molar-refractivity contribution in [2.75, 3.05) is 12.4 Å². The topological polar surface area (TPSA) is 130 Å². The van der Waals surface area contributed by atoms with Gasteiger partial charge < -0.3 is 14.8 Å². The van der Waals surface area contributed by atoms with Gasteiger partial charge in [-0.25, -0.2) is 10.2 Å². The molecule has 0 aromatic heterocycles. The van der Waals surface area contributed by atoms with Gasteiger partial charge in [-0.3, -0.25) is 9.59 Å². The Balaban J connectivity index is 1.53. The Labute approximate surface area is 195 Å². The first-order chi connectivity index (χ1) is 16.5. The molecular formula is C25H20N4O5. The Morgan fingerprint density at radius 3 is 2.38 bits per heavy atom. The molecule has 0 unspecified atom stereocenters. The summed E-state index contributed by atoms with van der Waals surface area (Å²) >= 11 is 0. The molecule has 3 aromatic carbocycles. The maximum absolute atomic E-state index is 12.3. The summed E-state index contributed by atoms with van der Waals surface area (Å²) < 4.78 is 10.4. The Kier molecular flexibility index (Phi) is 8.08. The van der Waals surface area contributed by atoms with E-state index in [0.29, 0.717) is 22.6 Å². The summed E-state index contributed by atoms with van der Waals surface area (Å²) in [7, 11) is 1.53. The van der Waals surface area contributed by atoms with Crippen LogP contribution in [0.1, 0.15) is 21.5 Å². The number of anilines is 1. The van der Waals surface area contributed by atoms with Crippen LogP contribution in [0.5, 0.6) is 11.5 Å². The third kappa shape index (κ3) is 6.77. The minimum absolute atomic E-state index is 0.255. The molecule has 3 aromatic rings. The van der Waals surface area contributed by atoms with Crippen molar-refractivity contribution in [3.8, 4) is 17.6 Å². The van der Waals surface area contributed by atoms with E-state index in [1.54, 1.807) is 72.8 Å². The van der Waals surface area contributed by atoms with Crippen molar-refractivity contribution in [3.05, 3.63) is 89.5 Å². The van der Waals surface area contributed by atoms with Gasteiger partial charge in [0.15, 0.2) is 0 Å². The van der Waals surface area contributed by atoms with Gasteiger partial charge in [-0.15, -0.1) is 0 Å². The van der Waals surface area contributed by atoms with Gasteiger partial charge in [0.2, 0.25) is 0 Å². The number of esters is 1. The largest absolute Gasteiger partial charge is 0.497 e. The number of nitrogens with zero attached hydrogens (tertiary/aromatic N) is 2. The van der Waals surface area contributed by atoms with Crippen LogP contribution in [-0.4, -0.2) is 31.1 Å². The Morgan fingerprint density at radius 1 is 0.971 bits per heavy atom. The number of hydrogen-bond donors (Lipinski definition) is 2. The third-order valence-electron chi connectivity index (χ3n) is 4.48. The number of hydrazone groups is 1. The van der Waals surface area contributed by atoms with E-state index in [4.69, 9.17) is 14.7 Å². The smallest absolute Gasteiger partial charge is 0.343 e. The molecule has 0 aliphatic carbocycles. The zero-order valence-electron chi connectivity index (χ0n) is 18.1. The Morgan fingerprint density at radius 2 is 1.71 bits per heavy atom. The first kappa shape index (κ1) is 23.7. The monoisotopic (exact) mass is 456 g/mol. The van der Waals surface area contributed by atoms with E-state index in [-0.39, 0.29) is 12.2 Å². The predicted octanol–water partition coefficient (Wildman–Crippen LogP) is 3.07. The molecule has 0 aliphatic rings. The molecule has 0 spiro atoms. The summed E-state index contributed by atoms with van der Waals surface area (Å²) in [6, 6.07) is 21.6. The van der Waals surface area contributed by atoms with Crippen molar-refractivity contribution in [1.82, 2.24) is 5.43 Å². The molecule has 0 saturated heterocycles. The van der Waals surface area contributed by atoms with Gasteiger partial charge in [0, 0.05) is 5.69 Å². The van der Waals surface area contributed by atoms with Crippen LogP contribution >= 0.6 is 0 Å². The van der Waals surface area contributed by atoms with Gasteiger partial charge in [-0.1, -0.05) is 24.3 Å². The standard InChI is InChI=1S/C25H20N4O5/c1-33-21-11-7-19(8-12-21)25(32)34-22-4-2-3-18(15-22)16-27-29-24(31)23(30)28-20-9-5-17(6-10-20)13-14-26/h2-12,15-16H,13H2,1H3,(H,28,30)(H,29,31)/b27-16+. The third-order valence-corrected chi connectivity index (χ3v) is 4.48. The van der Waals surface area contributed by atoms with Gasteiger partial charge in [0.05, 0.1) is 31.4 Å². The second kappa shape index (κ2) is 11.6. The van der Waals surface area contributed by atoms with Crippen LogP contribution in [0.25, 0.3) is 0 Å². The van der Waals surface area contributed by atoms with E-state index in [2.05, 4.69) is 15.8 Å². The molecule has 0 heterocycles. The molecule has 170 valence electrons. The number of benzene rings is 3. The van der Waals surface area contributed by atoms with Crippen molar-refractivity contribution >= 4 is 29.7 Å². The molecular weight excluding hydrogens is 436 g/mol. The van der Waals surface area contributed by atoms with Gasteiger partial charge in [-0.05, 0) is 59.7 Å². The van der Waals surface area contributed by atoms with Crippen molar-refractivity contribution < 1.29 is 23.9 Å². The van der Waals surface area contributed by atoms with E-state index in [1.165, 1.54) is 13.3 Å². The highest BCUT2D eigenvalue weighted by atomic mass is 16.5. The van der Waals surface area contributed by atoms with Crippen LogP contribution in [0.2, 0.25) is 0 Å². The van der Waals surface area contributed by atoms with Gasteiger partial charge in [-0.2, -0.15) is 10.4 Å². The number of ether oxygens (including phenoxy) is 2. The zero-order chi connectivity index (χ0) is 24.3. The summed E-state index contributed by atoms with van der Waals surface area (Å²) in [5.74, 6) is -1.48. The molecule has 34 heavy (non-hydrogen) atoms. The van der Waals surface area contributed by atoms with Crippen LogP contribution in [-0.2, 0) is 16.0 Å². The maximum Gasteiger partial charge on any atom is 0.343 e. The fourth-order valence-corrected chi connectivity index (χ4v) is 2.75. The Bertz CT molecular complexity index is 1250. The number of carbonyl (C=O) groups excluding carboxylic acids is 3. The normalized spacial score (nSPS) is 10.2. The average molecular weight is 456 g/mol. The highest BCUT2D eigenvalue weighted by Crippen LogP contribution is 2.16. The fraction of sp³-hybridized carbons (Fsp3) is 0.0800. The fourth-order valence-electron chi connectivity index (χ4n) is 2.75. The molecule has 0 saturated carbocycles. The van der Waals surface area contributed by atoms with Crippen molar-refractivity contribution in [2.24, 2.45) is 5.10 Å². The molecule has 9 heteroatoms. The molecule has 3 rings (SSSR count). The van der Waals surface area contributed by atoms with Crippen LogP contribution in [0.15, 0.2) is 77.9 Å². The van der Waals surface area contributed by atoms with E-state index >= 15 is 0 Å². The van der Waals surface area contributed by atoms with Crippen molar-refractivity contribution in [3.63, 3.8) is 0 Å². The lowest BCUT2D eigenvalue weighted by Crippen LogP contribution is -2.32. The lowest BCUT2D eigenvalue weighted by Gasteiger charge is -2.06. The number of amides is 2. The quantitative estimate of drug-likeness (QED) is 0.185. The summed E-state index contributed by atoms with van der Waals surface area (Å²) in [5, 5.41) is 14.9. The first-order valence-corrected chi connectivity index (χ1v) is 10.0. The molecule has 2 amide bonds. The highest BCUT2D eigenvalue weighted by Gasteiger charge is 2.13. The van der Waals surface area contributed by atoms with E-state index in [9.17, 15) is 14.4 Å². The number of nitrogens with one attached hydrogen (secondary N) is 2. The lowest BCUT2D eigenvalue weighted by molar-refractivity contribution is -0.136. The molecule has 0 radical (unpaired) electrons. The minimum Gasteiger partial charge on any atom is -0.497 e. The summed E-state index contributed by atoms with van der Waals surface area (Å²) in [4.78, 5) is 36.3. The summed E-state index contributed by atoms with van der Waals surface area (Å²) in [5.41, 5.74) is 4.24. The minimum atomic E-state index is -0.959.